The lowest BCUT2D eigenvalue weighted by Crippen LogP contribution is -2.37. The summed E-state index contributed by atoms with van der Waals surface area (Å²) in [6.45, 7) is 26.5. The number of rotatable bonds is 0. The smallest absolute Gasteiger partial charge is 0.331 e. The van der Waals surface area contributed by atoms with E-state index in [0.29, 0.717) is 159 Å². The maximum Gasteiger partial charge on any atom is 0.331 e. The van der Waals surface area contributed by atoms with E-state index in [1.165, 1.54) is 0 Å². The third kappa shape index (κ3) is 34.9. The third-order valence-corrected chi connectivity index (χ3v) is 11.7. The molecule has 0 unspecified atom stereocenters. The highest BCUT2D eigenvalue weighted by Gasteiger charge is 2.25. The van der Waals surface area contributed by atoms with Gasteiger partial charge in [0, 0.05) is 0 Å². The van der Waals surface area contributed by atoms with Gasteiger partial charge >= 0.3 is 25.7 Å². The fraction of sp³-hybridized carbons (Fsp3) is 1.00. The molecule has 0 radical (unpaired) electrons. The highest BCUT2D eigenvalue weighted by Crippen LogP contribution is 2.08. The van der Waals surface area contributed by atoms with E-state index in [1.807, 2.05) is 39.3 Å². The molecule has 0 spiro atoms. The molecule has 15 nitrogen and oxygen atoms in total. The molecule has 49 heavy (non-hydrogen) atoms. The molecule has 0 aromatic carbocycles. The predicted octanol–water partition coefficient (Wildman–Crippen LogP) is 2.99. The Hall–Kier alpha value is 0.0506. The largest absolute Gasteiger partial charge is 0.392 e. The first-order valence-electron chi connectivity index (χ1n) is 17.2. The summed E-state index contributed by atoms with van der Waals surface area (Å²) in [7, 11) is -5.95. The molecule has 0 aliphatic carbocycles. The van der Waals surface area contributed by atoms with Crippen molar-refractivity contribution in [3.05, 3.63) is 0 Å². The lowest BCUT2D eigenvalue weighted by atomic mass is 10.7. The monoisotopic (exact) mass is 766 g/mol. The topological polar surface area (TPSA) is 138 Å². The van der Waals surface area contributed by atoms with Crippen LogP contribution in [-0.4, -0.2) is 184 Å². The summed E-state index contributed by atoms with van der Waals surface area (Å²) in [5.41, 5.74) is 0. The van der Waals surface area contributed by atoms with Crippen LogP contribution < -0.4 is 0 Å². The van der Waals surface area contributed by atoms with Gasteiger partial charge < -0.3 is 69.2 Å². The van der Waals surface area contributed by atoms with Gasteiger partial charge in [-0.3, -0.25) is 0 Å². The van der Waals surface area contributed by atoms with Crippen LogP contribution in [0.25, 0.3) is 0 Å². The van der Waals surface area contributed by atoms with Gasteiger partial charge in [0.05, 0.1) is 159 Å². The zero-order valence-corrected chi connectivity index (χ0v) is 33.6. The highest BCUT2D eigenvalue weighted by molar-refractivity contribution is 6.65. The van der Waals surface area contributed by atoms with Crippen molar-refractivity contribution in [2.45, 2.75) is 46.7 Å². The van der Waals surface area contributed by atoms with Crippen LogP contribution in [0.15, 0.2) is 0 Å². The highest BCUT2D eigenvalue weighted by atomic mass is 28.4. The Morgan fingerprint density at radius 3 is 0.429 bits per heavy atom. The molecular weight excluding hydrogens is 697 g/mol. The SMILES string of the molecule is C.C[Si]1(C)OCCOCCOCCO1.C[Si]1(C)OCCOCCOCCOCCO1.C[Si]1(C)OCCOCCOCCOCCOCCO1. The quantitative estimate of drug-likeness (QED) is 0.334. The summed E-state index contributed by atoms with van der Waals surface area (Å²) in [6.07, 6.45) is 0. The Balaban J connectivity index is 0.000000710. The van der Waals surface area contributed by atoms with Crippen LogP contribution in [-0.2, 0) is 69.2 Å². The fourth-order valence-electron chi connectivity index (χ4n) is 3.83. The van der Waals surface area contributed by atoms with E-state index in [9.17, 15) is 0 Å². The van der Waals surface area contributed by atoms with Gasteiger partial charge in [0.25, 0.3) is 0 Å². The van der Waals surface area contributed by atoms with E-state index in [2.05, 4.69) is 0 Å². The summed E-state index contributed by atoms with van der Waals surface area (Å²) in [6, 6.07) is 0. The summed E-state index contributed by atoms with van der Waals surface area (Å²) >= 11 is 0. The zero-order valence-electron chi connectivity index (χ0n) is 30.6. The van der Waals surface area contributed by atoms with Crippen LogP contribution in [0.2, 0.25) is 39.3 Å². The van der Waals surface area contributed by atoms with Crippen LogP contribution >= 0.6 is 0 Å². The molecule has 18 heteroatoms. The summed E-state index contributed by atoms with van der Waals surface area (Å²) in [4.78, 5) is 0. The molecular formula is C31H70O15Si3. The van der Waals surface area contributed by atoms with Crippen molar-refractivity contribution in [1.82, 2.24) is 0 Å². The van der Waals surface area contributed by atoms with Crippen LogP contribution in [0.3, 0.4) is 0 Å². The minimum absolute atomic E-state index is 0. The molecule has 3 heterocycles. The molecule has 0 aromatic rings. The van der Waals surface area contributed by atoms with Crippen molar-refractivity contribution in [3.63, 3.8) is 0 Å². The van der Waals surface area contributed by atoms with Gasteiger partial charge in [0.2, 0.25) is 0 Å². The molecule has 0 amide bonds. The lowest BCUT2D eigenvalue weighted by Gasteiger charge is -2.23. The maximum atomic E-state index is 5.73. The van der Waals surface area contributed by atoms with Crippen LogP contribution in [0.4, 0.5) is 0 Å². The van der Waals surface area contributed by atoms with Gasteiger partial charge in [-0.05, 0) is 39.3 Å². The Morgan fingerprint density at radius 2 is 0.306 bits per heavy atom. The third-order valence-electron chi connectivity index (χ3n) is 6.30. The van der Waals surface area contributed by atoms with Crippen LogP contribution in [0.5, 0.6) is 0 Å². The average molecular weight is 767 g/mol. The van der Waals surface area contributed by atoms with Crippen molar-refractivity contribution in [2.75, 3.05) is 159 Å². The predicted molar refractivity (Wildman–Crippen MR) is 192 cm³/mol. The minimum atomic E-state index is -2.05. The van der Waals surface area contributed by atoms with E-state index < -0.39 is 25.7 Å². The van der Waals surface area contributed by atoms with Gasteiger partial charge in [-0.2, -0.15) is 0 Å². The van der Waals surface area contributed by atoms with Gasteiger partial charge in [-0.1, -0.05) is 7.43 Å². The van der Waals surface area contributed by atoms with E-state index in [1.54, 1.807) is 0 Å². The van der Waals surface area contributed by atoms with Gasteiger partial charge in [0.15, 0.2) is 0 Å². The lowest BCUT2D eigenvalue weighted by molar-refractivity contribution is -0.00682. The minimum Gasteiger partial charge on any atom is -0.392 e. The number of hydrogen-bond donors (Lipinski definition) is 0. The second kappa shape index (κ2) is 32.7. The van der Waals surface area contributed by atoms with Crippen LogP contribution in [0.1, 0.15) is 7.43 Å². The molecule has 0 bridgehead atoms. The molecule has 3 saturated heterocycles. The second-order valence-electron chi connectivity index (χ2n) is 11.8. The zero-order chi connectivity index (χ0) is 35.1. The second-order valence-corrected chi connectivity index (χ2v) is 21.9. The molecule has 0 aromatic heterocycles. The molecule has 0 atom stereocenters. The first-order chi connectivity index (χ1) is 23.1. The standard InChI is InChI=1S/C12H26O6Si.C10H22O5Si.C8H18O4Si.CH4/c1-19(2)17-11-9-15-7-5-13-3-4-14-6-8-16-10-12-18-19;1-16(2)14-9-7-12-5-3-11-4-6-13-8-10-15-16;1-13(2)11-7-5-9-3-4-10-6-8-12-13;/h3-12H2,1-2H3;3-10H2,1-2H3;3-8H2,1-2H3;1H4. The summed E-state index contributed by atoms with van der Waals surface area (Å²) in [5.74, 6) is 0. The Labute approximate surface area is 299 Å². The van der Waals surface area contributed by atoms with E-state index in [4.69, 9.17) is 69.2 Å². The van der Waals surface area contributed by atoms with Gasteiger partial charge in [0.1, 0.15) is 0 Å². The normalized spacial score (nSPS) is 25.3. The van der Waals surface area contributed by atoms with Crippen LogP contribution in [0, 0.1) is 0 Å². The van der Waals surface area contributed by atoms with Crippen molar-refractivity contribution >= 4 is 25.7 Å². The Kier molecular flexibility index (Phi) is 32.7. The fourth-order valence-corrected chi connectivity index (χ4v) is 7.53. The molecule has 3 fully saturated rings. The molecule has 3 aliphatic heterocycles. The first kappa shape index (κ1) is 49.1. The van der Waals surface area contributed by atoms with Crippen molar-refractivity contribution in [2.24, 2.45) is 0 Å². The van der Waals surface area contributed by atoms with E-state index in [-0.39, 0.29) is 7.43 Å². The van der Waals surface area contributed by atoms with Crippen molar-refractivity contribution in [3.8, 4) is 0 Å². The van der Waals surface area contributed by atoms with Crippen molar-refractivity contribution in [1.29, 1.82) is 0 Å². The Morgan fingerprint density at radius 1 is 0.204 bits per heavy atom. The van der Waals surface area contributed by atoms with E-state index in [0.717, 1.165) is 0 Å². The summed E-state index contributed by atoms with van der Waals surface area (Å²) < 4.78 is 82.0. The molecule has 3 aliphatic rings. The van der Waals surface area contributed by atoms with E-state index >= 15 is 0 Å². The molecule has 296 valence electrons. The number of ether oxygens (including phenoxy) is 9. The molecule has 0 N–H and O–H groups in total. The molecule has 3 rings (SSSR count). The molecule has 0 saturated carbocycles. The van der Waals surface area contributed by atoms with Gasteiger partial charge in [-0.15, -0.1) is 0 Å². The van der Waals surface area contributed by atoms with Crippen molar-refractivity contribution < 1.29 is 69.2 Å². The average Bonchev–Trinajstić information content (AvgIpc) is 3.08. The first-order valence-corrected chi connectivity index (χ1v) is 25.6. The summed E-state index contributed by atoms with van der Waals surface area (Å²) in [5, 5.41) is 0. The maximum absolute atomic E-state index is 5.73. The number of hydrogen-bond acceptors (Lipinski definition) is 15. The van der Waals surface area contributed by atoms with Gasteiger partial charge in [-0.25, -0.2) is 0 Å². The Bertz CT molecular complexity index is 661.